The van der Waals surface area contributed by atoms with Crippen molar-refractivity contribution in [3.8, 4) is 5.69 Å². The van der Waals surface area contributed by atoms with Crippen molar-refractivity contribution >= 4 is 40.6 Å². The van der Waals surface area contributed by atoms with Gasteiger partial charge >= 0.3 is 0 Å². The standard InChI is InChI=1S/C24H20Cl2N2O3/c1-24(2)12-20-16(21(29)13-24)11-17(22(30)27-19-6-4-3-5-18(19)26)23(31)28(20)15-9-7-14(25)8-10-15/h3-11H,12-13H2,1-2H3,(H,27,30). The second kappa shape index (κ2) is 7.98. The van der Waals surface area contributed by atoms with Crippen LogP contribution in [0, 0.1) is 5.41 Å². The molecular weight excluding hydrogens is 435 g/mol. The van der Waals surface area contributed by atoms with Gasteiger partial charge in [-0.2, -0.15) is 0 Å². The Balaban J connectivity index is 1.91. The molecule has 7 heteroatoms. The molecule has 1 N–H and O–H groups in total. The van der Waals surface area contributed by atoms with Gasteiger partial charge in [-0.15, -0.1) is 0 Å². The van der Waals surface area contributed by atoms with E-state index in [4.69, 9.17) is 23.2 Å². The zero-order valence-corrected chi connectivity index (χ0v) is 18.6. The van der Waals surface area contributed by atoms with Crippen LogP contribution in [-0.2, 0) is 6.42 Å². The number of rotatable bonds is 3. The Bertz CT molecular complexity index is 1260. The topological polar surface area (TPSA) is 68.2 Å². The van der Waals surface area contributed by atoms with E-state index in [9.17, 15) is 14.4 Å². The number of fused-ring (bicyclic) bond motifs is 1. The van der Waals surface area contributed by atoms with Crippen LogP contribution in [0.3, 0.4) is 0 Å². The molecule has 31 heavy (non-hydrogen) atoms. The Hall–Kier alpha value is -2.89. The van der Waals surface area contributed by atoms with Crippen LogP contribution in [0.1, 0.15) is 46.7 Å². The van der Waals surface area contributed by atoms with Gasteiger partial charge in [0, 0.05) is 28.4 Å². The monoisotopic (exact) mass is 454 g/mol. The largest absolute Gasteiger partial charge is 0.320 e. The lowest BCUT2D eigenvalue weighted by Gasteiger charge is -2.32. The first-order valence-corrected chi connectivity index (χ1v) is 10.6. The number of hydrogen-bond acceptors (Lipinski definition) is 3. The van der Waals surface area contributed by atoms with E-state index in [2.05, 4.69) is 5.32 Å². The maximum atomic E-state index is 13.5. The molecule has 1 aromatic heterocycles. The summed E-state index contributed by atoms with van der Waals surface area (Å²) in [4.78, 5) is 39.5. The van der Waals surface area contributed by atoms with E-state index in [0.29, 0.717) is 45.5 Å². The molecule has 1 aliphatic carbocycles. The number of aromatic nitrogens is 1. The summed E-state index contributed by atoms with van der Waals surface area (Å²) < 4.78 is 1.45. The van der Waals surface area contributed by atoms with Crippen molar-refractivity contribution in [3.05, 3.63) is 91.8 Å². The fourth-order valence-electron chi connectivity index (χ4n) is 3.89. The normalized spacial score (nSPS) is 14.8. The number of para-hydroxylation sites is 1. The Morgan fingerprint density at radius 1 is 1.00 bits per heavy atom. The third-order valence-corrected chi connectivity index (χ3v) is 5.92. The molecule has 0 unspecified atom stereocenters. The number of amides is 1. The van der Waals surface area contributed by atoms with E-state index in [1.165, 1.54) is 10.6 Å². The van der Waals surface area contributed by atoms with E-state index in [0.717, 1.165) is 0 Å². The van der Waals surface area contributed by atoms with Crippen LogP contribution in [0.4, 0.5) is 5.69 Å². The lowest BCUT2D eigenvalue weighted by molar-refractivity contribution is 0.0909. The number of halogens is 2. The van der Waals surface area contributed by atoms with Crippen molar-refractivity contribution in [1.82, 2.24) is 4.57 Å². The summed E-state index contributed by atoms with van der Waals surface area (Å²) in [5, 5.41) is 3.55. The molecule has 3 aromatic rings. The molecule has 0 saturated carbocycles. The molecular formula is C24H20Cl2N2O3. The average Bonchev–Trinajstić information content (AvgIpc) is 2.69. The number of benzene rings is 2. The summed E-state index contributed by atoms with van der Waals surface area (Å²) in [6.07, 6.45) is 0.864. The zero-order valence-electron chi connectivity index (χ0n) is 17.0. The quantitative estimate of drug-likeness (QED) is 0.563. The van der Waals surface area contributed by atoms with Gasteiger partial charge in [-0.25, -0.2) is 0 Å². The SMILES string of the molecule is CC1(C)CC(=O)c2cc(C(=O)Nc3ccccc3Cl)c(=O)n(-c3ccc(Cl)cc3)c2C1. The third-order valence-electron chi connectivity index (χ3n) is 5.34. The first kappa shape index (κ1) is 21.3. The van der Waals surface area contributed by atoms with Gasteiger partial charge in [0.15, 0.2) is 5.78 Å². The molecule has 5 nitrogen and oxygen atoms in total. The highest BCUT2D eigenvalue weighted by molar-refractivity contribution is 6.34. The molecule has 0 fully saturated rings. The molecule has 1 heterocycles. The number of anilines is 1. The highest BCUT2D eigenvalue weighted by atomic mass is 35.5. The van der Waals surface area contributed by atoms with Crippen LogP contribution in [-0.4, -0.2) is 16.3 Å². The lowest BCUT2D eigenvalue weighted by atomic mass is 9.75. The van der Waals surface area contributed by atoms with Crippen LogP contribution in [0.25, 0.3) is 5.69 Å². The Labute approximate surface area is 189 Å². The van der Waals surface area contributed by atoms with Gasteiger partial charge in [0.1, 0.15) is 5.56 Å². The number of pyridine rings is 1. The smallest absolute Gasteiger partial charge is 0.268 e. The summed E-state index contributed by atoms with van der Waals surface area (Å²) in [6.45, 7) is 3.98. The van der Waals surface area contributed by atoms with Crippen LogP contribution in [0.15, 0.2) is 59.4 Å². The Kier molecular flexibility index (Phi) is 5.50. The molecule has 0 atom stereocenters. The lowest BCUT2D eigenvalue weighted by Crippen LogP contribution is -2.37. The van der Waals surface area contributed by atoms with E-state index in [1.54, 1.807) is 48.5 Å². The highest BCUT2D eigenvalue weighted by Gasteiger charge is 2.35. The number of nitrogens with one attached hydrogen (secondary N) is 1. The summed E-state index contributed by atoms with van der Waals surface area (Å²) in [5.74, 6) is -0.720. The number of hydrogen-bond donors (Lipinski definition) is 1. The second-order valence-electron chi connectivity index (χ2n) is 8.41. The third kappa shape index (κ3) is 4.16. The fraction of sp³-hybridized carbons (Fsp3) is 0.208. The van der Waals surface area contributed by atoms with Gasteiger partial charge in [-0.3, -0.25) is 19.0 Å². The maximum absolute atomic E-state index is 13.5. The van der Waals surface area contributed by atoms with Crippen LogP contribution < -0.4 is 10.9 Å². The highest BCUT2D eigenvalue weighted by Crippen LogP contribution is 2.35. The van der Waals surface area contributed by atoms with E-state index < -0.39 is 11.5 Å². The molecule has 0 aliphatic heterocycles. The molecule has 0 radical (unpaired) electrons. The van der Waals surface area contributed by atoms with Crippen LogP contribution >= 0.6 is 23.2 Å². The van der Waals surface area contributed by atoms with E-state index >= 15 is 0 Å². The summed E-state index contributed by atoms with van der Waals surface area (Å²) in [6, 6.07) is 14.9. The van der Waals surface area contributed by atoms with Gasteiger partial charge in [-0.05, 0) is 54.3 Å². The predicted molar refractivity (Wildman–Crippen MR) is 123 cm³/mol. The van der Waals surface area contributed by atoms with Crippen molar-refractivity contribution in [3.63, 3.8) is 0 Å². The van der Waals surface area contributed by atoms with Crippen molar-refractivity contribution in [2.75, 3.05) is 5.32 Å². The Morgan fingerprint density at radius 2 is 1.68 bits per heavy atom. The van der Waals surface area contributed by atoms with Crippen molar-refractivity contribution in [2.24, 2.45) is 5.41 Å². The van der Waals surface area contributed by atoms with Crippen molar-refractivity contribution in [1.29, 1.82) is 0 Å². The molecule has 1 amide bonds. The molecule has 2 aromatic carbocycles. The number of ketones is 1. The van der Waals surface area contributed by atoms with E-state index in [1.807, 2.05) is 13.8 Å². The molecule has 0 bridgehead atoms. The average molecular weight is 455 g/mol. The second-order valence-corrected chi connectivity index (χ2v) is 9.25. The number of Topliss-reactive ketones (excluding diaryl/α,β-unsaturated/α-hetero) is 1. The molecule has 4 rings (SSSR count). The summed E-state index contributed by atoms with van der Waals surface area (Å²) >= 11 is 12.2. The number of carbonyl (C=O) groups is 2. The van der Waals surface area contributed by atoms with Gasteiger partial charge in [-0.1, -0.05) is 49.2 Å². The first-order valence-electron chi connectivity index (χ1n) is 9.80. The summed E-state index contributed by atoms with van der Waals surface area (Å²) in [5.41, 5.74) is 0.991. The van der Waals surface area contributed by atoms with E-state index in [-0.39, 0.29) is 16.8 Å². The van der Waals surface area contributed by atoms with Crippen molar-refractivity contribution < 1.29 is 9.59 Å². The number of nitrogens with zero attached hydrogens (tertiary/aromatic N) is 1. The Morgan fingerprint density at radius 3 is 2.35 bits per heavy atom. The van der Waals surface area contributed by atoms with Gasteiger partial charge in [0.05, 0.1) is 10.7 Å². The predicted octanol–water partition coefficient (Wildman–Crippen LogP) is 5.55. The van der Waals surface area contributed by atoms with Gasteiger partial charge in [0.25, 0.3) is 11.5 Å². The van der Waals surface area contributed by atoms with Crippen LogP contribution in [0.2, 0.25) is 10.0 Å². The molecule has 158 valence electrons. The number of carbonyl (C=O) groups excluding carboxylic acids is 2. The first-order chi connectivity index (χ1) is 14.7. The molecule has 0 spiro atoms. The van der Waals surface area contributed by atoms with Crippen LogP contribution in [0.5, 0.6) is 0 Å². The van der Waals surface area contributed by atoms with Gasteiger partial charge in [0.2, 0.25) is 0 Å². The molecule has 0 saturated heterocycles. The van der Waals surface area contributed by atoms with Gasteiger partial charge < -0.3 is 5.32 Å². The zero-order chi connectivity index (χ0) is 22.3. The fourth-order valence-corrected chi connectivity index (χ4v) is 4.20. The molecule has 1 aliphatic rings. The maximum Gasteiger partial charge on any atom is 0.268 e. The minimum atomic E-state index is -0.624. The minimum absolute atomic E-state index is 0.0965. The summed E-state index contributed by atoms with van der Waals surface area (Å²) in [7, 11) is 0. The van der Waals surface area contributed by atoms with Crippen molar-refractivity contribution in [2.45, 2.75) is 26.7 Å². The minimum Gasteiger partial charge on any atom is -0.320 e.